The molecule has 3 aromatic rings. The van der Waals surface area contributed by atoms with Crippen LogP contribution in [0.25, 0.3) is 16.7 Å². The quantitative estimate of drug-likeness (QED) is 0.672. The van der Waals surface area contributed by atoms with Gasteiger partial charge in [0.25, 0.3) is 0 Å². The van der Waals surface area contributed by atoms with E-state index in [2.05, 4.69) is 21.6 Å². The molecule has 0 aliphatic rings. The zero-order valence-electron chi connectivity index (χ0n) is 13.9. The lowest BCUT2D eigenvalue weighted by Crippen LogP contribution is -2.23. The molecule has 9 heteroatoms. The number of nitrogens with zero attached hydrogens (tertiary/aromatic N) is 5. The van der Waals surface area contributed by atoms with Gasteiger partial charge in [0.1, 0.15) is 5.69 Å². The Bertz CT molecular complexity index is 992. The molecule has 3 heterocycles. The normalized spacial score (nSPS) is 11.6. The van der Waals surface area contributed by atoms with Crippen LogP contribution in [0, 0.1) is 6.92 Å². The fraction of sp³-hybridized carbons (Fsp3) is 0.176. The number of halogens is 3. The summed E-state index contributed by atoms with van der Waals surface area (Å²) in [6, 6.07) is 3.91. The van der Waals surface area contributed by atoms with E-state index in [-0.39, 0.29) is 5.91 Å². The maximum Gasteiger partial charge on any atom is 0.433 e. The number of amides is 1. The maximum atomic E-state index is 12.7. The number of likely N-dealkylation sites (N-methyl/N-ethyl adjacent to an activating group) is 1. The molecule has 0 aliphatic carbocycles. The first-order valence-electron chi connectivity index (χ1n) is 7.51. The van der Waals surface area contributed by atoms with Gasteiger partial charge in [-0.3, -0.25) is 4.79 Å². The lowest BCUT2D eigenvalue weighted by atomic mass is 10.2. The summed E-state index contributed by atoms with van der Waals surface area (Å²) in [7, 11) is 1.59. The molecule has 0 radical (unpaired) electrons. The van der Waals surface area contributed by atoms with Gasteiger partial charge in [0.2, 0.25) is 5.91 Å². The van der Waals surface area contributed by atoms with E-state index in [0.29, 0.717) is 28.1 Å². The Morgan fingerprint density at radius 2 is 2.00 bits per heavy atom. The second kappa shape index (κ2) is 6.25. The van der Waals surface area contributed by atoms with E-state index in [1.807, 2.05) is 0 Å². The minimum absolute atomic E-state index is 0.289. The SMILES string of the molecule is C=CC(=O)N(C)c1cnc2c(c1)c(C)nn2-c1ccc(C(F)(F)F)nc1. The lowest BCUT2D eigenvalue weighted by Gasteiger charge is -2.14. The molecule has 0 aliphatic heterocycles. The standard InChI is InChI=1S/C17H14F3N5O/c1-4-15(26)24(3)12-7-13-10(2)23-25(16(13)22-9-12)11-5-6-14(21-8-11)17(18,19)20/h4-9H,1H2,2-3H3. The van der Waals surface area contributed by atoms with Crippen LogP contribution < -0.4 is 4.90 Å². The summed E-state index contributed by atoms with van der Waals surface area (Å²) in [5.74, 6) is -0.289. The zero-order chi connectivity index (χ0) is 19.1. The Morgan fingerprint density at radius 1 is 1.27 bits per heavy atom. The Balaban J connectivity index is 2.06. The van der Waals surface area contributed by atoms with E-state index < -0.39 is 11.9 Å². The van der Waals surface area contributed by atoms with Crippen molar-refractivity contribution in [1.29, 1.82) is 0 Å². The minimum atomic E-state index is -4.50. The highest BCUT2D eigenvalue weighted by Crippen LogP contribution is 2.29. The Morgan fingerprint density at radius 3 is 2.58 bits per heavy atom. The van der Waals surface area contributed by atoms with Crippen molar-refractivity contribution in [2.24, 2.45) is 0 Å². The summed E-state index contributed by atoms with van der Waals surface area (Å²) in [5, 5.41) is 5.00. The molecule has 0 bridgehead atoms. The number of carbonyl (C=O) groups is 1. The first-order valence-corrected chi connectivity index (χ1v) is 7.51. The molecule has 0 spiro atoms. The van der Waals surface area contributed by atoms with E-state index in [0.717, 1.165) is 12.3 Å². The average Bonchev–Trinajstić information content (AvgIpc) is 2.96. The third kappa shape index (κ3) is 3.03. The second-order valence-corrected chi connectivity index (χ2v) is 5.56. The molecule has 0 atom stereocenters. The van der Waals surface area contributed by atoms with Crippen LogP contribution in [-0.4, -0.2) is 32.7 Å². The first kappa shape index (κ1) is 17.6. The highest BCUT2D eigenvalue weighted by Gasteiger charge is 2.32. The monoisotopic (exact) mass is 361 g/mol. The highest BCUT2D eigenvalue weighted by atomic mass is 19.4. The average molecular weight is 361 g/mol. The van der Waals surface area contributed by atoms with E-state index in [1.54, 1.807) is 20.0 Å². The van der Waals surface area contributed by atoms with Gasteiger partial charge in [0, 0.05) is 12.4 Å². The van der Waals surface area contributed by atoms with Crippen LogP contribution in [0.2, 0.25) is 0 Å². The van der Waals surface area contributed by atoms with Gasteiger partial charge in [-0.2, -0.15) is 18.3 Å². The smallest absolute Gasteiger partial charge is 0.310 e. The van der Waals surface area contributed by atoms with Gasteiger partial charge in [-0.15, -0.1) is 0 Å². The molecule has 0 N–H and O–H groups in total. The molecular weight excluding hydrogens is 347 g/mol. The number of aryl methyl sites for hydroxylation is 1. The summed E-state index contributed by atoms with van der Waals surface area (Å²) in [5.41, 5.74) is 0.998. The number of alkyl halides is 3. The number of fused-ring (bicyclic) bond motifs is 1. The molecule has 0 saturated carbocycles. The summed E-state index contributed by atoms with van der Waals surface area (Å²) in [6.07, 6.45) is -0.735. The van der Waals surface area contributed by atoms with Gasteiger partial charge in [0.05, 0.1) is 29.5 Å². The van der Waals surface area contributed by atoms with Crippen molar-refractivity contribution in [3.8, 4) is 5.69 Å². The zero-order valence-corrected chi connectivity index (χ0v) is 13.9. The summed E-state index contributed by atoms with van der Waals surface area (Å²) in [4.78, 5) is 20.9. The number of rotatable bonds is 3. The molecule has 3 aromatic heterocycles. The molecule has 0 aromatic carbocycles. The number of hydrogen-bond donors (Lipinski definition) is 0. The van der Waals surface area contributed by atoms with Gasteiger partial charge in [-0.1, -0.05) is 6.58 Å². The third-order valence-electron chi connectivity index (χ3n) is 3.87. The molecule has 0 fully saturated rings. The van der Waals surface area contributed by atoms with Crippen molar-refractivity contribution in [3.05, 3.63) is 54.6 Å². The summed E-state index contributed by atoms with van der Waals surface area (Å²) in [6.45, 7) is 5.19. The van der Waals surface area contributed by atoms with Crippen molar-refractivity contribution < 1.29 is 18.0 Å². The minimum Gasteiger partial charge on any atom is -0.310 e. The van der Waals surface area contributed by atoms with E-state index in [9.17, 15) is 18.0 Å². The summed E-state index contributed by atoms with van der Waals surface area (Å²) < 4.78 is 39.4. The predicted molar refractivity (Wildman–Crippen MR) is 90.0 cm³/mol. The molecule has 0 unspecified atom stereocenters. The van der Waals surface area contributed by atoms with E-state index in [1.165, 1.54) is 27.9 Å². The maximum absolute atomic E-state index is 12.7. The van der Waals surface area contributed by atoms with Crippen LogP contribution in [0.4, 0.5) is 18.9 Å². The number of anilines is 1. The molecule has 1 amide bonds. The predicted octanol–water partition coefficient (Wildman–Crippen LogP) is 3.29. The van der Waals surface area contributed by atoms with Gasteiger partial charge in [0.15, 0.2) is 5.65 Å². The number of carbonyl (C=O) groups excluding carboxylic acids is 1. The van der Waals surface area contributed by atoms with Crippen molar-refractivity contribution in [3.63, 3.8) is 0 Å². The number of hydrogen-bond acceptors (Lipinski definition) is 4. The van der Waals surface area contributed by atoms with Crippen LogP contribution in [0.1, 0.15) is 11.4 Å². The van der Waals surface area contributed by atoms with Crippen LogP contribution in [-0.2, 0) is 11.0 Å². The van der Waals surface area contributed by atoms with Gasteiger partial charge in [-0.25, -0.2) is 14.6 Å². The molecule has 26 heavy (non-hydrogen) atoms. The molecular formula is C17H14F3N5O. The van der Waals surface area contributed by atoms with E-state index in [4.69, 9.17) is 0 Å². The highest BCUT2D eigenvalue weighted by molar-refractivity contribution is 6.01. The van der Waals surface area contributed by atoms with Crippen molar-refractivity contribution >= 4 is 22.6 Å². The van der Waals surface area contributed by atoms with Gasteiger partial charge >= 0.3 is 6.18 Å². The largest absolute Gasteiger partial charge is 0.433 e. The summed E-state index contributed by atoms with van der Waals surface area (Å²) >= 11 is 0. The van der Waals surface area contributed by atoms with Crippen LogP contribution in [0.5, 0.6) is 0 Å². The molecule has 134 valence electrons. The van der Waals surface area contributed by atoms with E-state index >= 15 is 0 Å². The topological polar surface area (TPSA) is 63.9 Å². The van der Waals surface area contributed by atoms with Gasteiger partial charge < -0.3 is 4.90 Å². The molecule has 0 saturated heterocycles. The molecule has 3 rings (SSSR count). The van der Waals surface area contributed by atoms with Crippen molar-refractivity contribution in [2.45, 2.75) is 13.1 Å². The Labute approximate surface area is 146 Å². The van der Waals surface area contributed by atoms with Crippen LogP contribution in [0.3, 0.4) is 0 Å². The van der Waals surface area contributed by atoms with Crippen molar-refractivity contribution in [1.82, 2.24) is 19.7 Å². The lowest BCUT2D eigenvalue weighted by molar-refractivity contribution is -0.141. The number of pyridine rings is 2. The molecule has 6 nitrogen and oxygen atoms in total. The van der Waals surface area contributed by atoms with Crippen LogP contribution in [0.15, 0.2) is 43.2 Å². The van der Waals surface area contributed by atoms with Gasteiger partial charge in [-0.05, 0) is 31.2 Å². The second-order valence-electron chi connectivity index (χ2n) is 5.56. The number of aromatic nitrogens is 4. The van der Waals surface area contributed by atoms with Crippen molar-refractivity contribution in [2.75, 3.05) is 11.9 Å². The fourth-order valence-corrected chi connectivity index (χ4v) is 2.44. The van der Waals surface area contributed by atoms with Crippen LogP contribution >= 0.6 is 0 Å². The Kier molecular flexibility index (Phi) is 4.23. The fourth-order valence-electron chi connectivity index (χ4n) is 2.44. The third-order valence-corrected chi connectivity index (χ3v) is 3.87. The first-order chi connectivity index (χ1) is 12.2. The Hall–Kier alpha value is -3.23.